The monoisotopic (exact) mass is 208 g/mol. The molecule has 0 radical (unpaired) electrons. The summed E-state index contributed by atoms with van der Waals surface area (Å²) >= 11 is 0. The van der Waals surface area contributed by atoms with E-state index in [4.69, 9.17) is 4.91 Å². The number of hydrogen-bond donors (Lipinski definition) is 0. The first-order valence-electron chi connectivity index (χ1n) is 3.67. The maximum absolute atomic E-state index is 10.7. The van der Waals surface area contributed by atoms with Crippen molar-refractivity contribution >= 4 is 5.91 Å². The highest BCUT2D eigenvalue weighted by atomic mass is 35.5. The Morgan fingerprint density at radius 3 is 1.77 bits per heavy atom. The van der Waals surface area contributed by atoms with Crippen LogP contribution in [0.1, 0.15) is 6.92 Å². The number of carbonyl (C=O) groups is 1. The number of quaternary nitrogens is 1. The minimum Gasteiger partial charge on any atom is -1.00 e. The number of amides is 1. The molecule has 0 aliphatic heterocycles. The maximum Gasteiger partial charge on any atom is 0.337 e. The maximum atomic E-state index is 10.7. The summed E-state index contributed by atoms with van der Waals surface area (Å²) < 4.78 is 0.323. The van der Waals surface area contributed by atoms with Crippen LogP contribution in [-0.2, 0) is 4.79 Å². The molecular formula is C8H17ClN2O2. The average molecular weight is 209 g/mol. The third-order valence-corrected chi connectivity index (χ3v) is 0.965. The van der Waals surface area contributed by atoms with E-state index in [1.807, 2.05) is 21.1 Å². The second-order valence-electron chi connectivity index (χ2n) is 3.00. The predicted octanol–water partition coefficient (Wildman–Crippen LogP) is -1.82. The summed E-state index contributed by atoms with van der Waals surface area (Å²) in [6.07, 6.45) is 1.33. The summed E-state index contributed by atoms with van der Waals surface area (Å²) in [7, 11) is 5.43. The largest absolute Gasteiger partial charge is 1.00 e. The van der Waals surface area contributed by atoms with Gasteiger partial charge in [-0.3, -0.25) is 4.48 Å². The molecule has 0 spiro atoms. The molecule has 0 saturated carbocycles. The number of nitrogens with zero attached hydrogens (tertiary/aromatic N) is 2. The summed E-state index contributed by atoms with van der Waals surface area (Å²) in [6.45, 7) is 5.45. The molecule has 0 heterocycles. The van der Waals surface area contributed by atoms with Gasteiger partial charge in [0.05, 0.1) is 27.7 Å². The van der Waals surface area contributed by atoms with Crippen molar-refractivity contribution in [2.24, 2.45) is 5.18 Å². The van der Waals surface area contributed by atoms with E-state index in [-0.39, 0.29) is 18.3 Å². The van der Waals surface area contributed by atoms with Crippen LogP contribution >= 0.6 is 0 Å². The van der Waals surface area contributed by atoms with E-state index in [9.17, 15) is 4.79 Å². The van der Waals surface area contributed by atoms with Crippen LogP contribution in [0.25, 0.3) is 0 Å². The Labute approximate surface area is 85.6 Å². The minimum absolute atomic E-state index is 0. The Morgan fingerprint density at radius 2 is 1.77 bits per heavy atom. The topological polar surface area (TPSA) is 46.5 Å². The van der Waals surface area contributed by atoms with E-state index in [0.717, 1.165) is 0 Å². The minimum atomic E-state index is 0. The first-order valence-corrected chi connectivity index (χ1v) is 3.67. The standard InChI is InChI=1S/C6H12NO.C2H5NO.ClH/c1-5-6(8)7(2,3)4;1-2-3-4;/h5H,1H2,2-4H3;2H2,1H3;1H/q+1;;/p-1. The van der Waals surface area contributed by atoms with Gasteiger partial charge in [-0.2, -0.15) is 4.91 Å². The Balaban J connectivity index is -0.000000173. The molecule has 0 saturated heterocycles. The second-order valence-corrected chi connectivity index (χ2v) is 3.00. The zero-order valence-electron chi connectivity index (χ0n) is 8.58. The van der Waals surface area contributed by atoms with Gasteiger partial charge in [0.25, 0.3) is 0 Å². The zero-order chi connectivity index (χ0) is 10.2. The Hall–Kier alpha value is -0.740. The number of nitroso groups, excluding NO2 is 1. The molecule has 0 aromatic heterocycles. The molecule has 78 valence electrons. The first kappa shape index (κ1) is 18.1. The molecule has 0 unspecified atom stereocenters. The Morgan fingerprint density at radius 1 is 1.46 bits per heavy atom. The van der Waals surface area contributed by atoms with Gasteiger partial charge in [-0.05, 0) is 6.92 Å². The third kappa shape index (κ3) is 14.2. The molecule has 0 aromatic carbocycles. The van der Waals surface area contributed by atoms with Gasteiger partial charge in [0.2, 0.25) is 0 Å². The van der Waals surface area contributed by atoms with Gasteiger partial charge < -0.3 is 12.4 Å². The van der Waals surface area contributed by atoms with E-state index in [0.29, 0.717) is 11.0 Å². The molecule has 1 amide bonds. The molecule has 0 aromatic rings. The Kier molecular flexibility index (Phi) is 13.0. The summed E-state index contributed by atoms with van der Waals surface area (Å²) in [6, 6.07) is 0. The van der Waals surface area contributed by atoms with Crippen LogP contribution in [0.15, 0.2) is 17.8 Å². The van der Waals surface area contributed by atoms with E-state index < -0.39 is 0 Å². The normalized spacial score (nSPS) is 8.62. The van der Waals surface area contributed by atoms with Gasteiger partial charge in [0, 0.05) is 6.08 Å². The van der Waals surface area contributed by atoms with Gasteiger partial charge in [-0.15, -0.1) is 0 Å². The van der Waals surface area contributed by atoms with Crippen molar-refractivity contribution in [3.8, 4) is 0 Å². The second kappa shape index (κ2) is 9.35. The number of rotatable bonds is 2. The lowest BCUT2D eigenvalue weighted by atomic mass is 10.5. The van der Waals surface area contributed by atoms with Crippen molar-refractivity contribution in [3.63, 3.8) is 0 Å². The van der Waals surface area contributed by atoms with Crippen LogP contribution in [0.3, 0.4) is 0 Å². The van der Waals surface area contributed by atoms with Crippen LogP contribution in [0, 0.1) is 4.91 Å². The van der Waals surface area contributed by atoms with Crippen molar-refractivity contribution in [3.05, 3.63) is 17.6 Å². The van der Waals surface area contributed by atoms with Crippen LogP contribution in [-0.4, -0.2) is 38.1 Å². The Bertz CT molecular complexity index is 164. The SMILES string of the molecule is C=CC(=O)[N+](C)(C)C.CCN=O.[Cl-]. The van der Waals surface area contributed by atoms with Crippen molar-refractivity contribution in [1.29, 1.82) is 0 Å². The van der Waals surface area contributed by atoms with Gasteiger partial charge in [0.15, 0.2) is 0 Å². The fraction of sp³-hybridized carbons (Fsp3) is 0.625. The number of halogens is 1. The summed E-state index contributed by atoms with van der Waals surface area (Å²) in [5.41, 5.74) is 0. The molecule has 0 atom stereocenters. The summed E-state index contributed by atoms with van der Waals surface area (Å²) in [5.74, 6) is 0.0324. The van der Waals surface area contributed by atoms with Crippen LogP contribution in [0.5, 0.6) is 0 Å². The lowest BCUT2D eigenvalue weighted by molar-refractivity contribution is -0.789. The fourth-order valence-corrected chi connectivity index (χ4v) is 0.274. The molecular weight excluding hydrogens is 192 g/mol. The highest BCUT2D eigenvalue weighted by Crippen LogP contribution is 1.90. The van der Waals surface area contributed by atoms with Crippen LogP contribution < -0.4 is 12.4 Å². The zero-order valence-corrected chi connectivity index (χ0v) is 9.34. The molecule has 13 heavy (non-hydrogen) atoms. The molecule has 4 nitrogen and oxygen atoms in total. The molecule has 0 fully saturated rings. The smallest absolute Gasteiger partial charge is 0.337 e. The average Bonchev–Trinajstić information content (AvgIpc) is 2.02. The number of hydrogen-bond acceptors (Lipinski definition) is 3. The number of carbonyl (C=O) groups excluding carboxylic acids is 1. The fourth-order valence-electron chi connectivity index (χ4n) is 0.274. The van der Waals surface area contributed by atoms with E-state index in [1.165, 1.54) is 6.08 Å². The van der Waals surface area contributed by atoms with Gasteiger partial charge >= 0.3 is 5.91 Å². The predicted molar refractivity (Wildman–Crippen MR) is 49.6 cm³/mol. The molecule has 0 aliphatic rings. The van der Waals surface area contributed by atoms with Crippen molar-refractivity contribution < 1.29 is 21.7 Å². The molecule has 0 rings (SSSR count). The van der Waals surface area contributed by atoms with Gasteiger partial charge in [0.1, 0.15) is 0 Å². The molecule has 0 bridgehead atoms. The molecule has 5 heteroatoms. The van der Waals surface area contributed by atoms with Crippen molar-refractivity contribution in [2.75, 3.05) is 27.7 Å². The lowest BCUT2D eigenvalue weighted by Gasteiger charge is -2.17. The lowest BCUT2D eigenvalue weighted by Crippen LogP contribution is -3.00. The number of likely N-dealkylation sites (N-methyl/N-ethyl adjacent to an activating group) is 1. The van der Waals surface area contributed by atoms with Crippen molar-refractivity contribution in [1.82, 2.24) is 0 Å². The summed E-state index contributed by atoms with van der Waals surface area (Å²) in [4.78, 5) is 19.6. The molecule has 0 N–H and O–H groups in total. The quantitative estimate of drug-likeness (QED) is 0.305. The van der Waals surface area contributed by atoms with Crippen molar-refractivity contribution in [2.45, 2.75) is 6.92 Å². The van der Waals surface area contributed by atoms with E-state index in [1.54, 1.807) is 6.92 Å². The molecule has 0 aliphatic carbocycles. The third-order valence-electron chi connectivity index (χ3n) is 0.965. The van der Waals surface area contributed by atoms with Crippen LogP contribution in [0.2, 0.25) is 0 Å². The van der Waals surface area contributed by atoms with E-state index in [2.05, 4.69) is 11.8 Å². The first-order chi connectivity index (χ1) is 5.40. The van der Waals surface area contributed by atoms with Gasteiger partial charge in [-0.25, -0.2) is 4.79 Å². The van der Waals surface area contributed by atoms with Crippen LogP contribution in [0.4, 0.5) is 0 Å². The summed E-state index contributed by atoms with van der Waals surface area (Å²) in [5, 5.41) is 2.49. The highest BCUT2D eigenvalue weighted by molar-refractivity contribution is 5.80. The van der Waals surface area contributed by atoms with E-state index >= 15 is 0 Å². The van der Waals surface area contributed by atoms with Gasteiger partial charge in [-0.1, -0.05) is 11.8 Å². The highest BCUT2D eigenvalue weighted by Gasteiger charge is 2.14.